The molecule has 0 radical (unpaired) electrons. The molecule has 0 saturated heterocycles. The number of H-pyrrole nitrogens is 1. The largest absolute Gasteiger partial charge is 0.481 e. The van der Waals surface area contributed by atoms with Gasteiger partial charge in [0.05, 0.1) is 24.0 Å². The van der Waals surface area contributed by atoms with Gasteiger partial charge >= 0.3 is 0 Å². The lowest BCUT2D eigenvalue weighted by molar-refractivity contribution is -0.118. The molecule has 0 unspecified atom stereocenters. The molecule has 4 aromatic rings. The van der Waals surface area contributed by atoms with Gasteiger partial charge in [-0.15, -0.1) is 34.4 Å². The van der Waals surface area contributed by atoms with Crippen molar-refractivity contribution in [2.24, 2.45) is 0 Å². The SMILES string of the molecule is COc1cc(CNC(=O)CSCc2nc3scc(-c4cccs4)c3c(=O)[nH]2)ccn1. The number of nitrogens with one attached hydrogen (secondary N) is 2. The molecule has 0 saturated carbocycles. The van der Waals surface area contributed by atoms with Crippen molar-refractivity contribution in [2.75, 3.05) is 12.9 Å². The number of hydrogen-bond acceptors (Lipinski definition) is 8. The first-order valence-electron chi connectivity index (χ1n) is 9.01. The highest BCUT2D eigenvalue weighted by Gasteiger charge is 2.14. The van der Waals surface area contributed by atoms with E-state index in [1.165, 1.54) is 23.1 Å². The number of thiophene rings is 2. The molecule has 0 aromatic carbocycles. The van der Waals surface area contributed by atoms with Crippen molar-refractivity contribution in [3.63, 3.8) is 0 Å². The summed E-state index contributed by atoms with van der Waals surface area (Å²) in [4.78, 5) is 37.9. The van der Waals surface area contributed by atoms with Crippen LogP contribution in [0.2, 0.25) is 0 Å². The van der Waals surface area contributed by atoms with Gasteiger partial charge in [-0.2, -0.15) is 0 Å². The van der Waals surface area contributed by atoms with Crippen LogP contribution >= 0.6 is 34.4 Å². The molecular weight excluding hydrogens is 440 g/mol. The fourth-order valence-corrected chi connectivity index (χ4v) is 5.34. The van der Waals surface area contributed by atoms with Crippen LogP contribution in [0.1, 0.15) is 11.4 Å². The number of pyridine rings is 1. The Kier molecular flexibility index (Phi) is 6.46. The number of aromatic nitrogens is 3. The third-order valence-corrected chi connectivity index (χ3v) is 6.97. The molecule has 1 amide bonds. The van der Waals surface area contributed by atoms with Gasteiger partial charge in [0, 0.05) is 34.6 Å². The number of hydrogen-bond donors (Lipinski definition) is 2. The molecule has 7 nitrogen and oxygen atoms in total. The van der Waals surface area contributed by atoms with E-state index in [1.807, 2.05) is 29.0 Å². The van der Waals surface area contributed by atoms with Crippen LogP contribution in [0.5, 0.6) is 5.88 Å². The molecule has 0 bridgehead atoms. The minimum atomic E-state index is -0.142. The number of carbonyl (C=O) groups is 1. The second-order valence-corrected chi connectivity index (χ2v) is 9.09. The molecule has 0 spiro atoms. The van der Waals surface area contributed by atoms with E-state index in [9.17, 15) is 9.59 Å². The summed E-state index contributed by atoms with van der Waals surface area (Å²) in [6.07, 6.45) is 1.64. The van der Waals surface area contributed by atoms with Crippen molar-refractivity contribution in [3.05, 3.63) is 63.0 Å². The fourth-order valence-electron chi connectivity index (χ4n) is 2.84. The van der Waals surface area contributed by atoms with Gasteiger partial charge in [-0.05, 0) is 23.1 Å². The topological polar surface area (TPSA) is 97.0 Å². The predicted molar refractivity (Wildman–Crippen MR) is 122 cm³/mol. The standard InChI is InChI=1S/C20H18N4O3S3/c1-27-17-7-12(4-5-21-17)8-22-16(25)11-28-10-15-23-19(26)18-13(9-30-20(18)24-15)14-3-2-6-29-14/h2-7,9H,8,10-11H2,1H3,(H,22,25)(H,23,24,26). The molecule has 0 aliphatic rings. The van der Waals surface area contributed by atoms with Crippen LogP contribution < -0.4 is 15.6 Å². The quantitative estimate of drug-likeness (QED) is 0.418. The van der Waals surface area contributed by atoms with Gasteiger partial charge < -0.3 is 15.0 Å². The summed E-state index contributed by atoms with van der Waals surface area (Å²) in [5.74, 6) is 1.72. The average Bonchev–Trinajstić information content (AvgIpc) is 3.42. The normalized spacial score (nSPS) is 11.0. The zero-order chi connectivity index (χ0) is 20.9. The molecule has 154 valence electrons. The van der Waals surface area contributed by atoms with Crippen LogP contribution in [0.3, 0.4) is 0 Å². The Morgan fingerprint density at radius 1 is 1.33 bits per heavy atom. The lowest BCUT2D eigenvalue weighted by Crippen LogP contribution is -2.24. The molecule has 4 heterocycles. The predicted octanol–water partition coefficient (Wildman–Crippen LogP) is 3.67. The molecule has 4 rings (SSSR count). The number of thioether (sulfide) groups is 1. The van der Waals surface area contributed by atoms with Gasteiger partial charge in [0.2, 0.25) is 11.8 Å². The van der Waals surface area contributed by atoms with Crippen LogP contribution in [0.15, 0.2) is 46.0 Å². The van der Waals surface area contributed by atoms with E-state index >= 15 is 0 Å². The van der Waals surface area contributed by atoms with Crippen molar-refractivity contribution in [1.29, 1.82) is 0 Å². The maximum atomic E-state index is 12.6. The first-order valence-corrected chi connectivity index (χ1v) is 11.9. The second kappa shape index (κ2) is 9.41. The zero-order valence-electron chi connectivity index (χ0n) is 16.0. The first kappa shape index (κ1) is 20.6. The van der Waals surface area contributed by atoms with Crippen molar-refractivity contribution in [3.8, 4) is 16.3 Å². The van der Waals surface area contributed by atoms with Gasteiger partial charge in [-0.1, -0.05) is 6.07 Å². The number of carbonyl (C=O) groups excluding carboxylic acids is 1. The Morgan fingerprint density at radius 3 is 3.03 bits per heavy atom. The fraction of sp³-hybridized carbons (Fsp3) is 0.200. The third-order valence-electron chi connectivity index (χ3n) is 4.25. The molecule has 4 aromatic heterocycles. The zero-order valence-corrected chi connectivity index (χ0v) is 18.5. The second-order valence-electron chi connectivity index (χ2n) is 6.30. The summed E-state index contributed by atoms with van der Waals surface area (Å²) < 4.78 is 5.08. The highest BCUT2D eigenvalue weighted by atomic mass is 32.2. The van der Waals surface area contributed by atoms with E-state index < -0.39 is 0 Å². The van der Waals surface area contributed by atoms with Crippen LogP contribution in [0.25, 0.3) is 20.7 Å². The molecule has 30 heavy (non-hydrogen) atoms. The molecule has 0 atom stereocenters. The van der Waals surface area contributed by atoms with Gasteiger partial charge in [0.15, 0.2) is 0 Å². The molecule has 0 fully saturated rings. The van der Waals surface area contributed by atoms with Crippen LogP contribution in [0.4, 0.5) is 0 Å². The van der Waals surface area contributed by atoms with E-state index in [1.54, 1.807) is 30.7 Å². The van der Waals surface area contributed by atoms with Crippen LogP contribution in [-0.2, 0) is 17.1 Å². The van der Waals surface area contributed by atoms with E-state index in [4.69, 9.17) is 4.74 Å². The number of amides is 1. The van der Waals surface area contributed by atoms with Gasteiger partial charge in [-0.25, -0.2) is 9.97 Å². The number of methoxy groups -OCH3 is 1. The molecule has 0 aliphatic carbocycles. The minimum Gasteiger partial charge on any atom is -0.481 e. The van der Waals surface area contributed by atoms with E-state index in [-0.39, 0.29) is 17.2 Å². The van der Waals surface area contributed by atoms with Crippen molar-refractivity contribution in [2.45, 2.75) is 12.3 Å². The lowest BCUT2D eigenvalue weighted by atomic mass is 10.2. The minimum absolute atomic E-state index is 0.0877. The number of ether oxygens (including phenoxy) is 1. The molecule has 0 aliphatic heterocycles. The third kappa shape index (κ3) is 4.72. The van der Waals surface area contributed by atoms with Gasteiger partial charge in [0.1, 0.15) is 10.7 Å². The molecule has 10 heteroatoms. The molecule has 2 N–H and O–H groups in total. The maximum Gasteiger partial charge on any atom is 0.260 e. The smallest absolute Gasteiger partial charge is 0.260 e. The first-order chi connectivity index (χ1) is 14.6. The summed E-state index contributed by atoms with van der Waals surface area (Å²) in [5, 5.41) is 7.45. The van der Waals surface area contributed by atoms with Crippen molar-refractivity contribution < 1.29 is 9.53 Å². The number of rotatable bonds is 8. The Hall–Kier alpha value is -2.69. The summed E-state index contributed by atoms with van der Waals surface area (Å²) >= 11 is 4.46. The van der Waals surface area contributed by atoms with Crippen LogP contribution in [-0.4, -0.2) is 33.7 Å². The average molecular weight is 459 g/mol. The van der Waals surface area contributed by atoms with E-state index in [0.717, 1.165) is 16.0 Å². The van der Waals surface area contributed by atoms with Crippen molar-refractivity contribution >= 4 is 50.6 Å². The lowest BCUT2D eigenvalue weighted by Gasteiger charge is -2.06. The number of fused-ring (bicyclic) bond motifs is 1. The number of nitrogens with zero attached hydrogens (tertiary/aromatic N) is 2. The highest BCUT2D eigenvalue weighted by molar-refractivity contribution is 7.99. The monoisotopic (exact) mass is 458 g/mol. The summed E-state index contributed by atoms with van der Waals surface area (Å²) in [5.41, 5.74) is 1.69. The Bertz CT molecular complexity index is 1220. The van der Waals surface area contributed by atoms with Gasteiger partial charge in [-0.3, -0.25) is 9.59 Å². The van der Waals surface area contributed by atoms with Gasteiger partial charge in [0.25, 0.3) is 5.56 Å². The number of aromatic amines is 1. The molecular formula is C20H18N4O3S3. The Morgan fingerprint density at radius 2 is 2.23 bits per heavy atom. The highest BCUT2D eigenvalue weighted by Crippen LogP contribution is 2.33. The van der Waals surface area contributed by atoms with E-state index in [2.05, 4.69) is 20.3 Å². The van der Waals surface area contributed by atoms with E-state index in [0.29, 0.717) is 34.2 Å². The summed E-state index contributed by atoms with van der Waals surface area (Å²) in [6.45, 7) is 0.403. The maximum absolute atomic E-state index is 12.6. The Labute approximate surface area is 184 Å². The van der Waals surface area contributed by atoms with Crippen LogP contribution in [0, 0.1) is 0 Å². The van der Waals surface area contributed by atoms with Crippen molar-refractivity contribution in [1.82, 2.24) is 20.3 Å². The Balaban J connectivity index is 1.33. The summed E-state index contributed by atoms with van der Waals surface area (Å²) in [6, 6.07) is 7.57. The summed E-state index contributed by atoms with van der Waals surface area (Å²) in [7, 11) is 1.55.